The lowest BCUT2D eigenvalue weighted by Crippen LogP contribution is -2.47. The van der Waals surface area contributed by atoms with Gasteiger partial charge in [-0.1, -0.05) is 49.9 Å². The summed E-state index contributed by atoms with van der Waals surface area (Å²) < 4.78 is 0. The number of benzene rings is 1. The second-order valence-electron chi connectivity index (χ2n) is 10.00. The van der Waals surface area contributed by atoms with Crippen LogP contribution >= 0.6 is 11.3 Å². The van der Waals surface area contributed by atoms with Crippen molar-refractivity contribution in [2.75, 3.05) is 4.90 Å². The minimum absolute atomic E-state index is 0.0375. The van der Waals surface area contributed by atoms with Gasteiger partial charge < -0.3 is 5.32 Å². The number of hydrogen-bond acceptors (Lipinski definition) is 3. The van der Waals surface area contributed by atoms with Crippen molar-refractivity contribution in [3.8, 4) is 0 Å². The molecule has 3 fully saturated rings. The molecule has 1 N–H and O–H groups in total. The Morgan fingerprint density at radius 2 is 1.78 bits per heavy atom. The van der Waals surface area contributed by atoms with Gasteiger partial charge in [-0.15, -0.1) is 11.3 Å². The van der Waals surface area contributed by atoms with E-state index >= 15 is 0 Å². The minimum atomic E-state index is -0.606. The smallest absolute Gasteiger partial charge is 0.248 e. The molecule has 32 heavy (non-hydrogen) atoms. The highest BCUT2D eigenvalue weighted by molar-refractivity contribution is 7.10. The Kier molecular flexibility index (Phi) is 6.63. The molecule has 2 amide bonds. The van der Waals surface area contributed by atoms with E-state index in [-0.39, 0.29) is 17.9 Å². The van der Waals surface area contributed by atoms with Crippen LogP contribution in [0.4, 0.5) is 5.69 Å². The molecule has 1 aromatic carbocycles. The number of carbonyl (C=O) groups excluding carboxylic acids is 2. The number of amides is 2. The van der Waals surface area contributed by atoms with Crippen LogP contribution in [0.1, 0.15) is 75.1 Å². The van der Waals surface area contributed by atoms with Crippen LogP contribution in [0.15, 0.2) is 47.8 Å². The molecule has 5 rings (SSSR count). The average molecular weight is 451 g/mol. The quantitative estimate of drug-likeness (QED) is 0.554. The molecule has 0 spiro atoms. The summed E-state index contributed by atoms with van der Waals surface area (Å²) in [4.78, 5) is 30.3. The maximum absolute atomic E-state index is 13.9. The fraction of sp³-hybridized carbons (Fsp3) is 0.556. The van der Waals surface area contributed by atoms with Gasteiger partial charge in [0, 0.05) is 23.0 Å². The van der Waals surface area contributed by atoms with Gasteiger partial charge in [-0.2, -0.15) is 0 Å². The second kappa shape index (κ2) is 9.78. The molecule has 1 aromatic heterocycles. The van der Waals surface area contributed by atoms with Gasteiger partial charge >= 0.3 is 0 Å². The third-order valence-corrected chi connectivity index (χ3v) is 8.82. The van der Waals surface area contributed by atoms with Gasteiger partial charge in [-0.25, -0.2) is 0 Å². The number of nitrogens with zero attached hydrogens (tertiary/aromatic N) is 1. The highest BCUT2D eigenvalue weighted by atomic mass is 32.1. The largest absolute Gasteiger partial charge is 0.351 e. The number of rotatable bonds is 7. The summed E-state index contributed by atoms with van der Waals surface area (Å²) in [7, 11) is 0. The van der Waals surface area contributed by atoms with E-state index in [2.05, 4.69) is 5.32 Å². The summed E-state index contributed by atoms with van der Waals surface area (Å²) in [6.07, 6.45) is 11.3. The normalized spacial score (nSPS) is 26.1. The van der Waals surface area contributed by atoms with E-state index in [4.69, 9.17) is 0 Å². The maximum atomic E-state index is 13.9. The van der Waals surface area contributed by atoms with Gasteiger partial charge in [-0.05, 0) is 73.4 Å². The summed E-state index contributed by atoms with van der Waals surface area (Å²) in [5.74, 6) is 2.02. The molecule has 0 aliphatic heterocycles. The van der Waals surface area contributed by atoms with Gasteiger partial charge in [-0.3, -0.25) is 14.5 Å². The van der Waals surface area contributed by atoms with Crippen LogP contribution in [0.25, 0.3) is 0 Å². The highest BCUT2D eigenvalue weighted by Crippen LogP contribution is 2.50. The first-order chi connectivity index (χ1) is 15.7. The number of fused-ring (bicyclic) bond motifs is 2. The van der Waals surface area contributed by atoms with Crippen molar-refractivity contribution in [2.24, 2.45) is 17.8 Å². The molecular formula is C27H34N2O2S. The Bertz CT molecular complexity index is 907. The zero-order chi connectivity index (χ0) is 21.9. The molecular weight excluding hydrogens is 416 g/mol. The molecule has 3 aliphatic rings. The van der Waals surface area contributed by atoms with Crippen molar-refractivity contribution in [2.45, 2.75) is 76.3 Å². The van der Waals surface area contributed by atoms with Crippen LogP contribution in [0.3, 0.4) is 0 Å². The highest BCUT2D eigenvalue weighted by Gasteiger charge is 2.42. The van der Waals surface area contributed by atoms with E-state index in [1.54, 1.807) is 16.2 Å². The van der Waals surface area contributed by atoms with E-state index in [0.29, 0.717) is 18.3 Å². The number of hydrogen-bond donors (Lipinski definition) is 1. The van der Waals surface area contributed by atoms with Crippen molar-refractivity contribution in [1.82, 2.24) is 5.32 Å². The summed E-state index contributed by atoms with van der Waals surface area (Å²) in [5.41, 5.74) is 0.817. The fourth-order valence-electron chi connectivity index (χ4n) is 6.32. The maximum Gasteiger partial charge on any atom is 0.248 e. The van der Waals surface area contributed by atoms with Crippen molar-refractivity contribution in [1.29, 1.82) is 0 Å². The fourth-order valence-corrected chi connectivity index (χ4v) is 7.14. The van der Waals surface area contributed by atoms with E-state index in [1.165, 1.54) is 44.9 Å². The van der Waals surface area contributed by atoms with Gasteiger partial charge in [0.1, 0.15) is 6.04 Å². The number of para-hydroxylation sites is 1. The van der Waals surface area contributed by atoms with Crippen molar-refractivity contribution < 1.29 is 9.59 Å². The number of carbonyl (C=O) groups is 2. The standard InChI is InChI=1S/C27H34N2O2S/c30-25(18-21-17-19-13-14-20(21)16-19)29(23-10-5-2-6-11-23)26(24-12-7-15-32-24)27(31)28-22-8-3-1-4-9-22/h2,5-7,10-12,15,19-22,26H,1,3-4,8-9,13-14,16-18H2,(H,28,31)/t19-,20-,21-,26+/m1/s1. The molecule has 3 aliphatic carbocycles. The lowest BCUT2D eigenvalue weighted by molar-refractivity contribution is -0.127. The second-order valence-corrected chi connectivity index (χ2v) is 11.0. The lowest BCUT2D eigenvalue weighted by Gasteiger charge is -2.34. The zero-order valence-corrected chi connectivity index (χ0v) is 19.6. The SMILES string of the molecule is O=C(NC1CCCCC1)[C@H](c1cccs1)N(C(=O)C[C@H]1C[C@@H]2CC[C@@H]1C2)c1ccccc1. The minimum Gasteiger partial charge on any atom is -0.351 e. The Balaban J connectivity index is 1.43. The van der Waals surface area contributed by atoms with Gasteiger partial charge in [0.25, 0.3) is 0 Å². The van der Waals surface area contributed by atoms with Crippen LogP contribution in [0, 0.1) is 17.8 Å². The Hall–Kier alpha value is -2.14. The van der Waals surface area contributed by atoms with Crippen LogP contribution in [-0.4, -0.2) is 17.9 Å². The van der Waals surface area contributed by atoms with Gasteiger partial charge in [0.2, 0.25) is 11.8 Å². The summed E-state index contributed by atoms with van der Waals surface area (Å²) in [6.45, 7) is 0. The molecule has 0 saturated heterocycles. The van der Waals surface area contributed by atoms with Crippen LogP contribution in [0.5, 0.6) is 0 Å². The van der Waals surface area contributed by atoms with Crippen LogP contribution in [-0.2, 0) is 9.59 Å². The molecule has 4 nitrogen and oxygen atoms in total. The van der Waals surface area contributed by atoms with Gasteiger partial charge in [0.15, 0.2) is 0 Å². The van der Waals surface area contributed by atoms with E-state index < -0.39 is 6.04 Å². The van der Waals surface area contributed by atoms with Gasteiger partial charge in [0.05, 0.1) is 0 Å². The Morgan fingerprint density at radius 3 is 2.44 bits per heavy atom. The van der Waals surface area contributed by atoms with Crippen molar-refractivity contribution >= 4 is 28.8 Å². The molecule has 170 valence electrons. The molecule has 4 atom stereocenters. The zero-order valence-electron chi connectivity index (χ0n) is 18.7. The average Bonchev–Trinajstić information content (AvgIpc) is 3.57. The first kappa shape index (κ1) is 21.7. The van der Waals surface area contributed by atoms with Crippen molar-refractivity contribution in [3.05, 3.63) is 52.7 Å². The Morgan fingerprint density at radius 1 is 0.969 bits per heavy atom. The van der Waals surface area contributed by atoms with Crippen molar-refractivity contribution in [3.63, 3.8) is 0 Å². The van der Waals surface area contributed by atoms with E-state index in [1.807, 2.05) is 47.8 Å². The Labute approximate surface area is 195 Å². The summed E-state index contributed by atoms with van der Waals surface area (Å²) >= 11 is 1.56. The first-order valence-corrected chi connectivity index (χ1v) is 13.3. The lowest BCUT2D eigenvalue weighted by atomic mass is 9.86. The molecule has 1 heterocycles. The van der Waals surface area contributed by atoms with E-state index in [0.717, 1.165) is 29.3 Å². The van der Waals surface area contributed by atoms with Crippen LogP contribution < -0.4 is 10.2 Å². The molecule has 3 saturated carbocycles. The predicted octanol–water partition coefficient (Wildman–Crippen LogP) is 6.10. The third kappa shape index (κ3) is 4.63. The predicted molar refractivity (Wildman–Crippen MR) is 130 cm³/mol. The number of thiophene rings is 1. The summed E-state index contributed by atoms with van der Waals surface area (Å²) in [6, 6.07) is 13.4. The molecule has 2 aromatic rings. The topological polar surface area (TPSA) is 49.4 Å². The van der Waals surface area contributed by atoms with E-state index in [9.17, 15) is 9.59 Å². The molecule has 2 bridgehead atoms. The number of anilines is 1. The molecule has 0 unspecified atom stereocenters. The van der Waals surface area contributed by atoms with Crippen LogP contribution in [0.2, 0.25) is 0 Å². The molecule has 5 heteroatoms. The number of nitrogens with one attached hydrogen (secondary N) is 1. The third-order valence-electron chi connectivity index (χ3n) is 7.90. The first-order valence-electron chi connectivity index (χ1n) is 12.4. The summed E-state index contributed by atoms with van der Waals surface area (Å²) in [5, 5.41) is 5.31. The molecule has 0 radical (unpaired) electrons. The monoisotopic (exact) mass is 450 g/mol.